The minimum absolute atomic E-state index is 0.142. The van der Waals surface area contributed by atoms with E-state index >= 15 is 0 Å². The lowest BCUT2D eigenvalue weighted by atomic mass is 9.97. The highest BCUT2D eigenvalue weighted by atomic mass is 35.5. The number of aromatic nitrogens is 3. The molecule has 0 spiro atoms. The number of carbonyl (C=O) groups excluding carboxylic acids is 1. The molecule has 4 rings (SSSR count). The Kier molecular flexibility index (Phi) is 6.67. The van der Waals surface area contributed by atoms with Crippen molar-refractivity contribution >= 4 is 34.5 Å². The smallest absolute Gasteiger partial charge is 0.332 e. The minimum Gasteiger partial charge on any atom is -0.479 e. The summed E-state index contributed by atoms with van der Waals surface area (Å²) in [6.45, 7) is 0. The van der Waals surface area contributed by atoms with Gasteiger partial charge in [0.05, 0.1) is 16.1 Å². The van der Waals surface area contributed by atoms with E-state index in [1.165, 1.54) is 0 Å². The molecule has 2 atom stereocenters. The number of aliphatic carboxylic acids is 1. The number of hydrogen-bond donors (Lipinski definition) is 4. The Morgan fingerprint density at radius 1 is 1.00 bits per heavy atom. The Hall–Kier alpha value is -3.75. The molecule has 1 aromatic heterocycles. The van der Waals surface area contributed by atoms with Crippen LogP contribution < -0.4 is 5.32 Å². The summed E-state index contributed by atoms with van der Waals surface area (Å²) in [5.41, 5.74) is 4.14. The number of aliphatic hydroxyl groups is 1. The minimum atomic E-state index is -1.62. The van der Waals surface area contributed by atoms with Gasteiger partial charge < -0.3 is 15.5 Å². The van der Waals surface area contributed by atoms with E-state index in [0.717, 1.165) is 16.7 Å². The second-order valence-electron chi connectivity index (χ2n) is 7.66. The van der Waals surface area contributed by atoms with E-state index < -0.39 is 24.0 Å². The average molecular weight is 465 g/mol. The second-order valence-corrected chi connectivity index (χ2v) is 8.04. The zero-order valence-electron chi connectivity index (χ0n) is 17.4. The number of hydrogen-bond acceptors (Lipinski definition) is 5. The first-order valence-corrected chi connectivity index (χ1v) is 10.7. The highest BCUT2D eigenvalue weighted by Crippen LogP contribution is 2.25. The van der Waals surface area contributed by atoms with Gasteiger partial charge in [0.2, 0.25) is 0 Å². The van der Waals surface area contributed by atoms with Crippen LogP contribution in [0.4, 0.5) is 0 Å². The van der Waals surface area contributed by atoms with Crippen LogP contribution in [0.5, 0.6) is 0 Å². The predicted octanol–water partition coefficient (Wildman–Crippen LogP) is 3.46. The molecule has 0 radical (unpaired) electrons. The van der Waals surface area contributed by atoms with Crippen LogP contribution in [0.1, 0.15) is 22.3 Å². The van der Waals surface area contributed by atoms with Crippen molar-refractivity contribution in [2.45, 2.75) is 25.0 Å². The molecule has 1 amide bonds. The van der Waals surface area contributed by atoms with Crippen LogP contribution in [0.25, 0.3) is 22.2 Å². The fraction of sp³-hybridized carbons (Fsp3) is 0.167. The van der Waals surface area contributed by atoms with Crippen molar-refractivity contribution in [1.29, 1.82) is 0 Å². The normalized spacial score (nSPS) is 12.9. The van der Waals surface area contributed by atoms with Crippen LogP contribution >= 0.6 is 11.6 Å². The summed E-state index contributed by atoms with van der Waals surface area (Å²) in [6.07, 6.45) is -1.45. The number of carboxylic acids is 1. The topological polar surface area (TPSA) is 128 Å². The molecule has 4 aromatic rings. The maximum atomic E-state index is 12.9. The van der Waals surface area contributed by atoms with Crippen LogP contribution in [-0.2, 0) is 11.2 Å². The fourth-order valence-corrected chi connectivity index (χ4v) is 3.92. The highest BCUT2D eigenvalue weighted by Gasteiger charge is 2.24. The van der Waals surface area contributed by atoms with Crippen molar-refractivity contribution in [2.24, 2.45) is 0 Å². The first kappa shape index (κ1) is 22.4. The zero-order valence-corrected chi connectivity index (χ0v) is 18.2. The van der Waals surface area contributed by atoms with Crippen molar-refractivity contribution in [3.63, 3.8) is 0 Å². The van der Waals surface area contributed by atoms with E-state index in [0.29, 0.717) is 17.5 Å². The number of nitrogens with one attached hydrogen (secondary N) is 2. The van der Waals surface area contributed by atoms with Gasteiger partial charge >= 0.3 is 5.97 Å². The molecule has 168 valence electrons. The third-order valence-electron chi connectivity index (χ3n) is 5.35. The van der Waals surface area contributed by atoms with Crippen LogP contribution in [-0.4, -0.2) is 49.6 Å². The largest absolute Gasteiger partial charge is 0.479 e. The van der Waals surface area contributed by atoms with Gasteiger partial charge in [-0.05, 0) is 35.2 Å². The standard InChI is InChI=1S/C24H21ClN4O4/c25-21-18(10-11-19-22(21)28-29-27-19)23(31)26-17(13-20(30)24(32)33)12-14-6-8-16(9-7-14)15-4-2-1-3-5-15/h1-11,17,20,30H,12-13H2,(H,26,31)(H,32,33)(H,27,28,29). The van der Waals surface area contributed by atoms with Gasteiger partial charge in [-0.1, -0.05) is 71.4 Å². The number of carboxylic acid groups (broad SMARTS) is 1. The Morgan fingerprint density at radius 3 is 2.39 bits per heavy atom. The molecule has 0 saturated heterocycles. The van der Waals surface area contributed by atoms with Crippen LogP contribution in [0.2, 0.25) is 5.02 Å². The first-order chi connectivity index (χ1) is 15.9. The summed E-state index contributed by atoms with van der Waals surface area (Å²) in [5.74, 6) is -1.84. The maximum absolute atomic E-state index is 12.9. The number of rotatable bonds is 8. The molecule has 4 N–H and O–H groups in total. The van der Waals surface area contributed by atoms with Gasteiger partial charge in [-0.3, -0.25) is 9.89 Å². The Labute approximate surface area is 194 Å². The fourth-order valence-electron chi connectivity index (χ4n) is 3.63. The lowest BCUT2D eigenvalue weighted by Gasteiger charge is -2.21. The van der Waals surface area contributed by atoms with E-state index in [1.807, 2.05) is 54.6 Å². The predicted molar refractivity (Wildman–Crippen MR) is 124 cm³/mol. The molecule has 0 aliphatic carbocycles. The molecule has 3 aromatic carbocycles. The number of H-pyrrole nitrogens is 1. The van der Waals surface area contributed by atoms with Crippen molar-refractivity contribution in [2.75, 3.05) is 0 Å². The van der Waals surface area contributed by atoms with Crippen molar-refractivity contribution in [3.8, 4) is 11.1 Å². The van der Waals surface area contributed by atoms with Crippen molar-refractivity contribution < 1.29 is 19.8 Å². The molecule has 9 heteroatoms. The van der Waals surface area contributed by atoms with Gasteiger partial charge in [0.1, 0.15) is 5.52 Å². The van der Waals surface area contributed by atoms with E-state index in [2.05, 4.69) is 20.7 Å². The van der Waals surface area contributed by atoms with Gasteiger partial charge in [-0.25, -0.2) is 4.79 Å². The SMILES string of the molecule is O=C(NC(Cc1ccc(-c2ccccc2)cc1)CC(O)C(=O)O)c1ccc2[nH]nnc2c1Cl. The van der Waals surface area contributed by atoms with E-state index in [1.54, 1.807) is 12.1 Å². The van der Waals surface area contributed by atoms with Crippen molar-refractivity contribution in [3.05, 3.63) is 82.9 Å². The van der Waals surface area contributed by atoms with Crippen LogP contribution in [0.3, 0.4) is 0 Å². The summed E-state index contributed by atoms with van der Waals surface area (Å²) in [4.78, 5) is 24.2. The summed E-state index contributed by atoms with van der Waals surface area (Å²) in [7, 11) is 0. The number of aromatic amines is 1. The third kappa shape index (κ3) is 5.19. The molecule has 0 bridgehead atoms. The van der Waals surface area contributed by atoms with Gasteiger partial charge in [0.15, 0.2) is 6.10 Å². The first-order valence-electron chi connectivity index (χ1n) is 10.3. The number of nitrogens with zero attached hydrogens (tertiary/aromatic N) is 2. The van der Waals surface area contributed by atoms with Crippen LogP contribution in [0.15, 0.2) is 66.7 Å². The zero-order chi connectivity index (χ0) is 23.4. The van der Waals surface area contributed by atoms with Gasteiger partial charge in [-0.15, -0.1) is 5.10 Å². The number of fused-ring (bicyclic) bond motifs is 1. The van der Waals surface area contributed by atoms with E-state index in [-0.39, 0.29) is 17.0 Å². The molecule has 0 aliphatic heterocycles. The molecule has 33 heavy (non-hydrogen) atoms. The second kappa shape index (κ2) is 9.81. The number of halogens is 1. The molecule has 0 saturated carbocycles. The molecule has 2 unspecified atom stereocenters. The van der Waals surface area contributed by atoms with E-state index in [9.17, 15) is 14.7 Å². The number of benzene rings is 3. The Balaban J connectivity index is 1.53. The monoisotopic (exact) mass is 464 g/mol. The maximum Gasteiger partial charge on any atom is 0.332 e. The molecule has 1 heterocycles. The summed E-state index contributed by atoms with van der Waals surface area (Å²) in [5, 5.41) is 32.3. The van der Waals surface area contributed by atoms with Crippen molar-refractivity contribution in [1.82, 2.24) is 20.7 Å². The molecule has 0 fully saturated rings. The number of carbonyl (C=O) groups is 2. The summed E-state index contributed by atoms with van der Waals surface area (Å²) in [6, 6.07) is 20.2. The van der Waals surface area contributed by atoms with Gasteiger partial charge in [0.25, 0.3) is 5.91 Å². The lowest BCUT2D eigenvalue weighted by molar-refractivity contribution is -0.147. The van der Waals surface area contributed by atoms with Gasteiger partial charge in [0, 0.05) is 12.5 Å². The Bertz CT molecular complexity index is 1270. The van der Waals surface area contributed by atoms with Crippen LogP contribution in [0, 0.1) is 0 Å². The van der Waals surface area contributed by atoms with Gasteiger partial charge in [-0.2, -0.15) is 0 Å². The lowest BCUT2D eigenvalue weighted by Crippen LogP contribution is -2.40. The Morgan fingerprint density at radius 2 is 1.70 bits per heavy atom. The molecular formula is C24H21ClN4O4. The molecular weight excluding hydrogens is 444 g/mol. The number of aliphatic hydroxyl groups excluding tert-OH is 1. The summed E-state index contributed by atoms with van der Waals surface area (Å²) >= 11 is 6.33. The highest BCUT2D eigenvalue weighted by molar-refractivity contribution is 6.38. The quantitative estimate of drug-likeness (QED) is 0.316. The molecule has 8 nitrogen and oxygen atoms in total. The average Bonchev–Trinajstić information content (AvgIpc) is 3.30. The summed E-state index contributed by atoms with van der Waals surface area (Å²) < 4.78 is 0. The third-order valence-corrected chi connectivity index (χ3v) is 5.74. The van der Waals surface area contributed by atoms with E-state index in [4.69, 9.17) is 16.7 Å². The number of amides is 1. The molecule has 0 aliphatic rings.